The van der Waals surface area contributed by atoms with E-state index in [2.05, 4.69) is 56.8 Å². The van der Waals surface area contributed by atoms with Gasteiger partial charge in [-0.2, -0.15) is 0 Å². The van der Waals surface area contributed by atoms with Gasteiger partial charge in [-0.15, -0.1) is 10.2 Å². The second-order valence-electron chi connectivity index (χ2n) is 7.82. The maximum Gasteiger partial charge on any atom is 0.269 e. The van der Waals surface area contributed by atoms with Crippen LogP contribution < -0.4 is 5.32 Å². The number of carbonyl (C=O) groups excluding carboxylic acids is 1. The molecule has 1 aliphatic rings. The van der Waals surface area contributed by atoms with E-state index in [0.29, 0.717) is 48.5 Å². The fourth-order valence-corrected chi connectivity index (χ4v) is 3.92. The Labute approximate surface area is 175 Å². The number of benzene rings is 1. The molecule has 0 saturated carbocycles. The lowest BCUT2D eigenvalue weighted by Gasteiger charge is -2.17. The highest BCUT2D eigenvalue weighted by Gasteiger charge is 2.24. The highest BCUT2D eigenvalue weighted by molar-refractivity contribution is 5.76. The van der Waals surface area contributed by atoms with Crippen LogP contribution in [0.15, 0.2) is 39.3 Å². The molecule has 2 aromatic heterocycles. The number of hydrogen-bond acceptors (Lipinski definition) is 7. The Balaban J connectivity index is 1.16. The molecule has 1 aromatic carbocycles. The summed E-state index contributed by atoms with van der Waals surface area (Å²) in [7, 11) is 0. The summed E-state index contributed by atoms with van der Waals surface area (Å²) in [5.74, 6) is 1.97. The van der Waals surface area contributed by atoms with Crippen LogP contribution in [0.1, 0.15) is 41.5 Å². The number of rotatable bonds is 8. The van der Waals surface area contributed by atoms with E-state index in [0.717, 1.165) is 19.6 Å². The molecular weight excluding hydrogens is 382 g/mol. The second-order valence-corrected chi connectivity index (χ2v) is 7.82. The number of aromatic nitrogens is 3. The van der Waals surface area contributed by atoms with E-state index in [-0.39, 0.29) is 5.91 Å². The minimum atomic E-state index is -0.0123. The molecule has 8 heteroatoms. The first-order valence-corrected chi connectivity index (χ1v) is 10.4. The average Bonchev–Trinajstić information content (AvgIpc) is 3.48. The van der Waals surface area contributed by atoms with E-state index < -0.39 is 0 Å². The van der Waals surface area contributed by atoms with Crippen molar-refractivity contribution in [2.45, 2.75) is 39.0 Å². The molecule has 1 fully saturated rings. The maximum absolute atomic E-state index is 12.2. The molecule has 1 saturated heterocycles. The van der Waals surface area contributed by atoms with Gasteiger partial charge < -0.3 is 19.2 Å². The van der Waals surface area contributed by atoms with Gasteiger partial charge in [0.1, 0.15) is 5.76 Å². The number of nitrogens with one attached hydrogen (secondary N) is 1. The smallest absolute Gasteiger partial charge is 0.269 e. The summed E-state index contributed by atoms with van der Waals surface area (Å²) in [4.78, 5) is 14.6. The van der Waals surface area contributed by atoms with Crippen LogP contribution in [-0.2, 0) is 11.2 Å². The van der Waals surface area contributed by atoms with Crippen LogP contribution in [0.2, 0.25) is 0 Å². The quantitative estimate of drug-likeness (QED) is 0.611. The van der Waals surface area contributed by atoms with Crippen molar-refractivity contribution in [2.75, 3.05) is 26.2 Å². The zero-order valence-electron chi connectivity index (χ0n) is 17.4. The van der Waals surface area contributed by atoms with Gasteiger partial charge in [-0.1, -0.05) is 29.4 Å². The third-order valence-electron chi connectivity index (χ3n) is 5.53. The van der Waals surface area contributed by atoms with Crippen molar-refractivity contribution in [3.63, 3.8) is 0 Å². The third-order valence-corrected chi connectivity index (χ3v) is 5.53. The highest BCUT2D eigenvalue weighted by Crippen LogP contribution is 2.28. The van der Waals surface area contributed by atoms with Crippen molar-refractivity contribution in [2.24, 2.45) is 0 Å². The molecule has 1 N–H and O–H groups in total. The van der Waals surface area contributed by atoms with Gasteiger partial charge in [-0.3, -0.25) is 4.79 Å². The van der Waals surface area contributed by atoms with Crippen LogP contribution in [0.25, 0.3) is 11.6 Å². The van der Waals surface area contributed by atoms with E-state index in [9.17, 15) is 4.79 Å². The number of hydrogen-bond donors (Lipinski definition) is 1. The van der Waals surface area contributed by atoms with Crippen LogP contribution in [-0.4, -0.2) is 52.3 Å². The second kappa shape index (κ2) is 9.21. The monoisotopic (exact) mass is 409 g/mol. The number of likely N-dealkylation sites (tertiary alicyclic amines) is 1. The Hall–Kier alpha value is -3.00. The molecule has 1 atom stereocenters. The van der Waals surface area contributed by atoms with E-state index in [1.165, 1.54) is 17.5 Å². The largest absolute Gasteiger partial charge is 0.419 e. The van der Waals surface area contributed by atoms with Crippen LogP contribution in [0.5, 0.6) is 0 Å². The lowest BCUT2D eigenvalue weighted by Crippen LogP contribution is -2.33. The molecule has 0 spiro atoms. The molecule has 158 valence electrons. The topological polar surface area (TPSA) is 97.3 Å². The van der Waals surface area contributed by atoms with E-state index in [4.69, 9.17) is 8.94 Å². The fourth-order valence-electron chi connectivity index (χ4n) is 3.92. The molecule has 1 unspecified atom stereocenters. The number of aryl methyl sites for hydroxylation is 3. The molecule has 0 bridgehead atoms. The third kappa shape index (κ3) is 4.94. The minimum absolute atomic E-state index is 0.0123. The molecule has 1 aliphatic heterocycles. The maximum atomic E-state index is 12.2. The first-order chi connectivity index (χ1) is 14.6. The summed E-state index contributed by atoms with van der Waals surface area (Å²) >= 11 is 0. The van der Waals surface area contributed by atoms with Crippen molar-refractivity contribution in [1.82, 2.24) is 25.6 Å². The SMILES string of the molecule is Cc1cc(-c2nnc(CCC(=O)NCCN3CCC(c4ccccc4C)C3)o2)no1. The van der Waals surface area contributed by atoms with Crippen LogP contribution in [0.4, 0.5) is 0 Å². The van der Waals surface area contributed by atoms with Crippen LogP contribution >= 0.6 is 0 Å². The molecule has 0 aliphatic carbocycles. The van der Waals surface area contributed by atoms with Crippen molar-refractivity contribution >= 4 is 5.91 Å². The van der Waals surface area contributed by atoms with Gasteiger partial charge in [0.05, 0.1) is 0 Å². The molecular formula is C22H27N5O3. The Bertz CT molecular complexity index is 996. The van der Waals surface area contributed by atoms with Crippen molar-refractivity contribution in [1.29, 1.82) is 0 Å². The summed E-state index contributed by atoms with van der Waals surface area (Å²) in [6, 6.07) is 10.3. The van der Waals surface area contributed by atoms with Gasteiger partial charge in [0.25, 0.3) is 5.89 Å². The van der Waals surface area contributed by atoms with Gasteiger partial charge in [-0.25, -0.2) is 0 Å². The Morgan fingerprint density at radius 2 is 2.13 bits per heavy atom. The first kappa shape index (κ1) is 20.3. The molecule has 1 amide bonds. The van der Waals surface area contributed by atoms with Gasteiger partial charge in [-0.05, 0) is 43.9 Å². The highest BCUT2D eigenvalue weighted by atomic mass is 16.5. The fraction of sp³-hybridized carbons (Fsp3) is 0.455. The Kier molecular flexibility index (Phi) is 6.23. The minimum Gasteiger partial charge on any atom is -0.419 e. The average molecular weight is 409 g/mol. The van der Waals surface area contributed by atoms with Gasteiger partial charge >= 0.3 is 0 Å². The van der Waals surface area contributed by atoms with Gasteiger partial charge in [0, 0.05) is 38.5 Å². The summed E-state index contributed by atoms with van der Waals surface area (Å²) in [5, 5.41) is 14.8. The zero-order valence-corrected chi connectivity index (χ0v) is 17.4. The number of amides is 1. The predicted molar refractivity (Wildman–Crippen MR) is 111 cm³/mol. The summed E-state index contributed by atoms with van der Waals surface area (Å²) in [6.07, 6.45) is 1.88. The molecule has 30 heavy (non-hydrogen) atoms. The van der Waals surface area contributed by atoms with E-state index in [1.807, 2.05) is 0 Å². The lowest BCUT2D eigenvalue weighted by atomic mass is 9.94. The molecule has 3 heterocycles. The normalized spacial score (nSPS) is 16.8. The molecule has 4 rings (SSSR count). The van der Waals surface area contributed by atoms with Gasteiger partial charge in [0.15, 0.2) is 5.69 Å². The summed E-state index contributed by atoms with van der Waals surface area (Å²) in [6.45, 7) is 7.60. The predicted octanol–water partition coefficient (Wildman–Crippen LogP) is 2.88. The standard InChI is InChI=1S/C22H27N5O3/c1-15-5-3-4-6-18(15)17-9-11-27(14-17)12-10-23-20(28)7-8-21-24-25-22(29-21)19-13-16(2)30-26-19/h3-6,13,17H,7-12,14H2,1-2H3,(H,23,28). The van der Waals surface area contributed by atoms with Crippen molar-refractivity contribution < 1.29 is 13.7 Å². The molecule has 0 radical (unpaired) electrons. The summed E-state index contributed by atoms with van der Waals surface area (Å²) < 4.78 is 10.6. The van der Waals surface area contributed by atoms with Crippen LogP contribution in [0.3, 0.4) is 0 Å². The summed E-state index contributed by atoms with van der Waals surface area (Å²) in [5.41, 5.74) is 3.31. The Morgan fingerprint density at radius 3 is 2.93 bits per heavy atom. The molecule has 3 aromatic rings. The van der Waals surface area contributed by atoms with E-state index >= 15 is 0 Å². The number of carbonyl (C=O) groups is 1. The van der Waals surface area contributed by atoms with Crippen molar-refractivity contribution in [3.05, 3.63) is 53.1 Å². The Morgan fingerprint density at radius 1 is 1.27 bits per heavy atom. The zero-order chi connectivity index (χ0) is 20.9. The van der Waals surface area contributed by atoms with Gasteiger partial charge in [0.2, 0.25) is 11.8 Å². The lowest BCUT2D eigenvalue weighted by molar-refractivity contribution is -0.121. The number of nitrogens with zero attached hydrogens (tertiary/aromatic N) is 4. The molecule has 8 nitrogen and oxygen atoms in total. The van der Waals surface area contributed by atoms with E-state index in [1.54, 1.807) is 13.0 Å². The first-order valence-electron chi connectivity index (χ1n) is 10.4. The van der Waals surface area contributed by atoms with Crippen LogP contribution in [0, 0.1) is 13.8 Å². The van der Waals surface area contributed by atoms with Crippen molar-refractivity contribution in [3.8, 4) is 11.6 Å².